The summed E-state index contributed by atoms with van der Waals surface area (Å²) in [7, 11) is 0. The molecule has 17 heavy (non-hydrogen) atoms. The summed E-state index contributed by atoms with van der Waals surface area (Å²) >= 11 is 0. The Balaban J connectivity index is 2.42. The van der Waals surface area contributed by atoms with Gasteiger partial charge in [-0.1, -0.05) is 19.1 Å². The lowest BCUT2D eigenvalue weighted by atomic mass is 10.1. The van der Waals surface area contributed by atoms with E-state index in [4.69, 9.17) is 5.73 Å². The van der Waals surface area contributed by atoms with E-state index in [0.29, 0.717) is 23.0 Å². The first-order valence-corrected chi connectivity index (χ1v) is 5.72. The highest BCUT2D eigenvalue weighted by Crippen LogP contribution is 2.26. The number of nitrogens with zero attached hydrogens (tertiary/aromatic N) is 2. The third kappa shape index (κ3) is 2.30. The highest BCUT2D eigenvalue weighted by atomic mass is 19.1. The summed E-state index contributed by atoms with van der Waals surface area (Å²) in [5.41, 5.74) is 7.85. The Hall–Kier alpha value is -1.84. The maximum Gasteiger partial charge on any atom is 0.123 e. The normalized spacial score (nSPS) is 12.6. The molecule has 1 atom stereocenters. The van der Waals surface area contributed by atoms with Crippen LogP contribution < -0.4 is 5.73 Å². The number of nitrogen functional groups attached to an aromatic ring is 1. The van der Waals surface area contributed by atoms with Crippen LogP contribution >= 0.6 is 0 Å². The van der Waals surface area contributed by atoms with Crippen LogP contribution in [0, 0.1) is 5.82 Å². The minimum Gasteiger partial charge on any atom is -0.396 e. The van der Waals surface area contributed by atoms with Crippen molar-refractivity contribution in [1.82, 2.24) is 9.78 Å². The minimum absolute atomic E-state index is 0.278. The summed E-state index contributed by atoms with van der Waals surface area (Å²) in [5.74, 6) is -0.278. The number of aromatic nitrogens is 2. The van der Waals surface area contributed by atoms with Crippen molar-refractivity contribution in [2.24, 2.45) is 0 Å². The van der Waals surface area contributed by atoms with Crippen LogP contribution in [0.25, 0.3) is 11.3 Å². The fourth-order valence-corrected chi connectivity index (χ4v) is 1.68. The molecule has 1 heterocycles. The number of hydrogen-bond acceptors (Lipinski definition) is 2. The van der Waals surface area contributed by atoms with E-state index in [1.807, 2.05) is 10.7 Å². The van der Waals surface area contributed by atoms with Crippen LogP contribution in [0.3, 0.4) is 0 Å². The molecule has 0 aliphatic rings. The molecule has 0 bridgehead atoms. The van der Waals surface area contributed by atoms with Crippen molar-refractivity contribution < 1.29 is 4.39 Å². The molecule has 0 saturated carbocycles. The van der Waals surface area contributed by atoms with Gasteiger partial charge in [-0.05, 0) is 25.5 Å². The van der Waals surface area contributed by atoms with Gasteiger partial charge in [0.2, 0.25) is 0 Å². The molecule has 0 aliphatic carbocycles. The van der Waals surface area contributed by atoms with Crippen LogP contribution in [0.1, 0.15) is 26.3 Å². The molecular weight excluding hydrogens is 217 g/mol. The average Bonchev–Trinajstić information content (AvgIpc) is 2.70. The zero-order valence-corrected chi connectivity index (χ0v) is 10.0. The molecule has 2 rings (SSSR count). The standard InChI is InChI=1S/C13H16FN3/c1-3-9(2)17-8-12(15)13(16-17)10-5-4-6-11(14)7-10/h4-9H,3,15H2,1-2H3. The largest absolute Gasteiger partial charge is 0.396 e. The molecule has 2 aromatic rings. The summed E-state index contributed by atoms with van der Waals surface area (Å²) < 4.78 is 15.0. The maximum atomic E-state index is 13.1. The van der Waals surface area contributed by atoms with Gasteiger partial charge in [-0.2, -0.15) is 5.10 Å². The van der Waals surface area contributed by atoms with Gasteiger partial charge in [-0.15, -0.1) is 0 Å². The second-order valence-corrected chi connectivity index (χ2v) is 4.18. The van der Waals surface area contributed by atoms with E-state index >= 15 is 0 Å². The van der Waals surface area contributed by atoms with Crippen LogP contribution in [0.15, 0.2) is 30.5 Å². The van der Waals surface area contributed by atoms with E-state index < -0.39 is 0 Å². The van der Waals surface area contributed by atoms with E-state index in [1.165, 1.54) is 12.1 Å². The van der Waals surface area contributed by atoms with E-state index in [9.17, 15) is 4.39 Å². The summed E-state index contributed by atoms with van der Waals surface area (Å²) in [6.07, 6.45) is 2.78. The van der Waals surface area contributed by atoms with Gasteiger partial charge >= 0.3 is 0 Å². The van der Waals surface area contributed by atoms with Crippen molar-refractivity contribution >= 4 is 5.69 Å². The summed E-state index contributed by atoms with van der Waals surface area (Å²) in [4.78, 5) is 0. The van der Waals surface area contributed by atoms with Gasteiger partial charge < -0.3 is 5.73 Å². The SMILES string of the molecule is CCC(C)n1cc(N)c(-c2cccc(F)c2)n1. The molecule has 0 fully saturated rings. The van der Waals surface area contributed by atoms with Gasteiger partial charge in [-0.25, -0.2) is 4.39 Å². The molecule has 2 N–H and O–H groups in total. The van der Waals surface area contributed by atoms with Gasteiger partial charge in [0.15, 0.2) is 0 Å². The van der Waals surface area contributed by atoms with Crippen molar-refractivity contribution in [1.29, 1.82) is 0 Å². The first-order chi connectivity index (χ1) is 8.11. The van der Waals surface area contributed by atoms with Crippen molar-refractivity contribution in [2.45, 2.75) is 26.3 Å². The van der Waals surface area contributed by atoms with Crippen LogP contribution in [0.4, 0.5) is 10.1 Å². The number of halogens is 1. The predicted molar refractivity (Wildman–Crippen MR) is 67.0 cm³/mol. The van der Waals surface area contributed by atoms with Crippen molar-refractivity contribution in [3.8, 4) is 11.3 Å². The van der Waals surface area contributed by atoms with Crippen LogP contribution in [-0.4, -0.2) is 9.78 Å². The fourth-order valence-electron chi connectivity index (χ4n) is 1.68. The topological polar surface area (TPSA) is 43.8 Å². The Morgan fingerprint density at radius 3 is 2.88 bits per heavy atom. The van der Waals surface area contributed by atoms with Gasteiger partial charge in [0.05, 0.1) is 5.69 Å². The van der Waals surface area contributed by atoms with E-state index in [2.05, 4.69) is 18.9 Å². The lowest BCUT2D eigenvalue weighted by Gasteiger charge is -2.07. The molecule has 0 amide bonds. The number of hydrogen-bond donors (Lipinski definition) is 1. The Kier molecular flexibility index (Phi) is 3.13. The average molecular weight is 233 g/mol. The Morgan fingerprint density at radius 1 is 1.47 bits per heavy atom. The quantitative estimate of drug-likeness (QED) is 0.884. The number of anilines is 1. The number of nitrogens with two attached hydrogens (primary N) is 1. The second-order valence-electron chi connectivity index (χ2n) is 4.18. The number of rotatable bonds is 3. The number of benzene rings is 1. The highest BCUT2D eigenvalue weighted by molar-refractivity contribution is 5.71. The summed E-state index contributed by atoms with van der Waals surface area (Å²) in [5, 5.41) is 4.42. The van der Waals surface area contributed by atoms with E-state index in [-0.39, 0.29) is 5.82 Å². The molecule has 1 unspecified atom stereocenters. The zero-order chi connectivity index (χ0) is 12.4. The first kappa shape index (κ1) is 11.6. The molecule has 3 nitrogen and oxygen atoms in total. The highest BCUT2D eigenvalue weighted by Gasteiger charge is 2.11. The molecule has 0 spiro atoms. The monoisotopic (exact) mass is 233 g/mol. The van der Waals surface area contributed by atoms with Crippen molar-refractivity contribution in [3.05, 3.63) is 36.3 Å². The van der Waals surface area contributed by atoms with E-state index in [0.717, 1.165) is 6.42 Å². The van der Waals surface area contributed by atoms with E-state index in [1.54, 1.807) is 12.3 Å². The maximum absolute atomic E-state index is 13.1. The van der Waals surface area contributed by atoms with Crippen molar-refractivity contribution in [2.75, 3.05) is 5.73 Å². The molecule has 90 valence electrons. The Bertz CT molecular complexity index is 519. The first-order valence-electron chi connectivity index (χ1n) is 5.72. The van der Waals surface area contributed by atoms with Gasteiger partial charge in [0.25, 0.3) is 0 Å². The summed E-state index contributed by atoms with van der Waals surface area (Å²) in [6.45, 7) is 4.16. The third-order valence-electron chi connectivity index (χ3n) is 2.90. The van der Waals surface area contributed by atoms with Crippen molar-refractivity contribution in [3.63, 3.8) is 0 Å². The molecule has 1 aromatic carbocycles. The van der Waals surface area contributed by atoms with Crippen LogP contribution in [0.2, 0.25) is 0 Å². The lowest BCUT2D eigenvalue weighted by molar-refractivity contribution is 0.479. The zero-order valence-electron chi connectivity index (χ0n) is 10.0. The Morgan fingerprint density at radius 2 is 2.24 bits per heavy atom. The van der Waals surface area contributed by atoms with Gasteiger partial charge in [0, 0.05) is 17.8 Å². The third-order valence-corrected chi connectivity index (χ3v) is 2.90. The smallest absolute Gasteiger partial charge is 0.123 e. The lowest BCUT2D eigenvalue weighted by Crippen LogP contribution is -2.04. The fraction of sp³-hybridized carbons (Fsp3) is 0.308. The molecule has 0 saturated heterocycles. The molecular formula is C13H16FN3. The second kappa shape index (κ2) is 4.57. The summed E-state index contributed by atoms with van der Waals surface area (Å²) in [6, 6.07) is 6.61. The minimum atomic E-state index is -0.278. The molecule has 0 aliphatic heterocycles. The van der Waals surface area contributed by atoms with Crippen LogP contribution in [-0.2, 0) is 0 Å². The predicted octanol–water partition coefficient (Wildman–Crippen LogP) is 3.24. The molecule has 1 aromatic heterocycles. The van der Waals surface area contributed by atoms with Gasteiger partial charge in [-0.3, -0.25) is 4.68 Å². The molecule has 4 heteroatoms. The molecule has 0 radical (unpaired) electrons. The van der Waals surface area contributed by atoms with Crippen LogP contribution in [0.5, 0.6) is 0 Å². The van der Waals surface area contributed by atoms with Gasteiger partial charge in [0.1, 0.15) is 11.5 Å². The Labute approximate surface area is 100 Å².